The van der Waals surface area contributed by atoms with Crippen LogP contribution >= 0.6 is 0 Å². The minimum Gasteiger partial charge on any atom is -0.281 e. The highest BCUT2D eigenvalue weighted by molar-refractivity contribution is 6.65. The van der Waals surface area contributed by atoms with Crippen molar-refractivity contribution < 1.29 is 40.7 Å². The molecule has 9 heteroatoms. The van der Waals surface area contributed by atoms with Gasteiger partial charge in [-0.25, -0.2) is 0 Å². The first-order chi connectivity index (χ1) is 5.98. The summed E-state index contributed by atoms with van der Waals surface area (Å²) in [6.45, 7) is 0. The van der Waals surface area contributed by atoms with Gasteiger partial charge in [0.25, 0.3) is 5.78 Å². The van der Waals surface area contributed by atoms with Crippen LogP contribution in [0.4, 0.5) is 26.3 Å². The molecule has 0 saturated heterocycles. The summed E-state index contributed by atoms with van der Waals surface area (Å²) in [5.74, 6) is -9.80. The second-order valence-electron chi connectivity index (χ2n) is 1.98. The van der Waals surface area contributed by atoms with Crippen molar-refractivity contribution in [1.82, 2.24) is 0 Å². The first-order valence-corrected chi connectivity index (χ1v) is 2.75. The lowest BCUT2D eigenvalue weighted by Gasteiger charge is -2.04. The largest absolute Gasteiger partial charge is 0.458 e. The monoisotopic (exact) mass is 222 g/mol. The van der Waals surface area contributed by atoms with Crippen LogP contribution in [-0.4, -0.2) is 29.7 Å². The van der Waals surface area contributed by atoms with Gasteiger partial charge in [0.15, 0.2) is 0 Å². The topological polar surface area (TPSA) is 51.2 Å². The van der Waals surface area contributed by atoms with E-state index in [9.17, 15) is 40.7 Å². The Hall–Kier alpha value is -1.41. The highest BCUT2D eigenvalue weighted by Gasteiger charge is 2.53. The van der Waals surface area contributed by atoms with Crippen molar-refractivity contribution in [2.45, 2.75) is 12.4 Å². The van der Waals surface area contributed by atoms with Crippen molar-refractivity contribution in [2.24, 2.45) is 0 Å². The Kier molecular flexibility index (Phi) is 3.05. The maximum Gasteiger partial charge on any atom is 0.458 e. The van der Waals surface area contributed by atoms with Crippen molar-refractivity contribution in [3.05, 3.63) is 0 Å². The van der Waals surface area contributed by atoms with E-state index in [1.54, 1.807) is 0 Å². The number of alkyl halides is 6. The molecule has 0 amide bonds. The molecule has 0 aliphatic carbocycles. The molecule has 0 radical (unpaired) electrons. The number of Topliss-reactive ketones (excluding diaryl/α,β-unsaturated/α-hetero) is 3. The standard InChI is InChI=1S/C5F6O3/c6-4(7,8)2(13)1(12)3(14)5(9,10)11. The first-order valence-electron chi connectivity index (χ1n) is 2.75. The number of carbonyl (C=O) groups excluding carboxylic acids is 3. The average molecular weight is 222 g/mol. The fourth-order valence-corrected chi connectivity index (χ4v) is 0.361. The molecule has 0 spiro atoms. The van der Waals surface area contributed by atoms with Crippen molar-refractivity contribution in [2.75, 3.05) is 0 Å². The summed E-state index contributed by atoms with van der Waals surface area (Å²) >= 11 is 0. The molecule has 0 heterocycles. The van der Waals surface area contributed by atoms with Gasteiger partial charge in [-0.15, -0.1) is 0 Å². The van der Waals surface area contributed by atoms with Crippen LogP contribution in [0.3, 0.4) is 0 Å². The van der Waals surface area contributed by atoms with E-state index in [2.05, 4.69) is 0 Å². The number of hydrogen-bond donors (Lipinski definition) is 0. The Bertz CT molecular complexity index is 257. The molecule has 0 aliphatic rings. The second kappa shape index (κ2) is 3.39. The van der Waals surface area contributed by atoms with E-state index in [-0.39, 0.29) is 0 Å². The van der Waals surface area contributed by atoms with E-state index in [0.29, 0.717) is 0 Å². The van der Waals surface area contributed by atoms with E-state index < -0.39 is 29.7 Å². The van der Waals surface area contributed by atoms with E-state index in [0.717, 1.165) is 0 Å². The smallest absolute Gasteiger partial charge is 0.281 e. The Labute approximate surface area is 71.7 Å². The van der Waals surface area contributed by atoms with E-state index in [4.69, 9.17) is 0 Å². The molecule has 0 unspecified atom stereocenters. The molecular weight excluding hydrogens is 222 g/mol. The van der Waals surface area contributed by atoms with Gasteiger partial charge in [0.05, 0.1) is 0 Å². The highest BCUT2D eigenvalue weighted by Crippen LogP contribution is 2.21. The number of ketones is 3. The maximum absolute atomic E-state index is 11.4. The molecular formula is C5F6O3. The Morgan fingerprint density at radius 3 is 1.00 bits per heavy atom. The Balaban J connectivity index is 4.85. The zero-order valence-corrected chi connectivity index (χ0v) is 5.99. The SMILES string of the molecule is O=C(C(=O)C(F)(F)F)C(=O)C(F)(F)F. The van der Waals surface area contributed by atoms with Gasteiger partial charge in [-0.2, -0.15) is 26.3 Å². The third-order valence-corrected chi connectivity index (χ3v) is 0.927. The van der Waals surface area contributed by atoms with E-state index in [1.165, 1.54) is 0 Å². The number of halogens is 6. The van der Waals surface area contributed by atoms with Gasteiger partial charge in [-0.3, -0.25) is 14.4 Å². The molecule has 0 bridgehead atoms. The third-order valence-electron chi connectivity index (χ3n) is 0.927. The molecule has 0 rings (SSSR count). The summed E-state index contributed by atoms with van der Waals surface area (Å²) < 4.78 is 68.1. The molecule has 0 aliphatic heterocycles. The molecule has 0 aromatic rings. The minimum atomic E-state index is -5.78. The summed E-state index contributed by atoms with van der Waals surface area (Å²) in [6.07, 6.45) is -11.6. The number of carbonyl (C=O) groups is 3. The molecule has 0 saturated carbocycles. The fraction of sp³-hybridized carbons (Fsp3) is 0.400. The lowest BCUT2D eigenvalue weighted by atomic mass is 10.1. The summed E-state index contributed by atoms with van der Waals surface area (Å²) in [4.78, 5) is 29.7. The molecule has 0 fully saturated rings. The molecule has 0 atom stereocenters. The van der Waals surface area contributed by atoms with E-state index >= 15 is 0 Å². The summed E-state index contributed by atoms with van der Waals surface area (Å²) in [5, 5.41) is 0. The van der Waals surface area contributed by atoms with Crippen LogP contribution in [0, 0.1) is 0 Å². The Morgan fingerprint density at radius 2 is 0.857 bits per heavy atom. The summed E-state index contributed by atoms with van der Waals surface area (Å²) in [6, 6.07) is 0. The maximum atomic E-state index is 11.4. The molecule has 0 aromatic heterocycles. The lowest BCUT2D eigenvalue weighted by molar-refractivity contribution is -0.185. The third kappa shape index (κ3) is 2.82. The van der Waals surface area contributed by atoms with Crippen molar-refractivity contribution in [3.8, 4) is 0 Å². The molecule has 3 nitrogen and oxygen atoms in total. The van der Waals surface area contributed by atoms with Gasteiger partial charge in [0, 0.05) is 0 Å². The molecule has 80 valence electrons. The van der Waals surface area contributed by atoms with Gasteiger partial charge in [-0.05, 0) is 0 Å². The summed E-state index contributed by atoms with van der Waals surface area (Å²) in [5.41, 5.74) is 0. The van der Waals surface area contributed by atoms with Crippen LogP contribution in [0.5, 0.6) is 0 Å². The number of hydrogen-bond acceptors (Lipinski definition) is 3. The normalized spacial score (nSPS) is 12.4. The zero-order valence-electron chi connectivity index (χ0n) is 5.99. The predicted molar refractivity (Wildman–Crippen MR) is 27.1 cm³/mol. The Morgan fingerprint density at radius 1 is 0.643 bits per heavy atom. The van der Waals surface area contributed by atoms with Gasteiger partial charge >= 0.3 is 23.9 Å². The van der Waals surface area contributed by atoms with Gasteiger partial charge in [0.2, 0.25) is 0 Å². The summed E-state index contributed by atoms with van der Waals surface area (Å²) in [7, 11) is 0. The second-order valence-corrected chi connectivity index (χ2v) is 1.98. The van der Waals surface area contributed by atoms with Crippen LogP contribution in [0.25, 0.3) is 0 Å². The van der Waals surface area contributed by atoms with Crippen LogP contribution in [0.15, 0.2) is 0 Å². The van der Waals surface area contributed by atoms with Crippen molar-refractivity contribution in [3.63, 3.8) is 0 Å². The van der Waals surface area contributed by atoms with Gasteiger partial charge < -0.3 is 0 Å². The zero-order chi connectivity index (χ0) is 11.7. The highest BCUT2D eigenvalue weighted by atomic mass is 19.4. The molecule has 14 heavy (non-hydrogen) atoms. The van der Waals surface area contributed by atoms with Crippen LogP contribution in [0.2, 0.25) is 0 Å². The van der Waals surface area contributed by atoms with Gasteiger partial charge in [0.1, 0.15) is 0 Å². The van der Waals surface area contributed by atoms with Crippen molar-refractivity contribution in [1.29, 1.82) is 0 Å². The number of rotatable bonds is 2. The van der Waals surface area contributed by atoms with Crippen LogP contribution in [0.1, 0.15) is 0 Å². The minimum absolute atomic E-state index is 3.13. The van der Waals surface area contributed by atoms with E-state index in [1.807, 2.05) is 0 Å². The molecule has 0 N–H and O–H groups in total. The first kappa shape index (κ1) is 12.6. The van der Waals surface area contributed by atoms with Crippen LogP contribution < -0.4 is 0 Å². The molecule has 0 aromatic carbocycles. The van der Waals surface area contributed by atoms with Gasteiger partial charge in [-0.1, -0.05) is 0 Å². The average Bonchev–Trinajstić information content (AvgIpc) is 1.97. The van der Waals surface area contributed by atoms with Crippen LogP contribution in [-0.2, 0) is 14.4 Å². The fourth-order valence-electron chi connectivity index (χ4n) is 0.361. The predicted octanol–water partition coefficient (Wildman–Crippen LogP) is 0.818. The quantitative estimate of drug-likeness (QED) is 0.394. The van der Waals surface area contributed by atoms with Crippen molar-refractivity contribution >= 4 is 17.3 Å². The lowest BCUT2D eigenvalue weighted by Crippen LogP contribution is -2.41.